The van der Waals surface area contributed by atoms with Gasteiger partial charge in [-0.25, -0.2) is 9.18 Å². The second-order valence-electron chi connectivity index (χ2n) is 9.03. The average Bonchev–Trinajstić information content (AvgIpc) is 3.28. The van der Waals surface area contributed by atoms with Gasteiger partial charge in [-0.2, -0.15) is 9.78 Å². The molecule has 0 bridgehead atoms. The number of aromatic hydroxyl groups is 1. The molecule has 38 heavy (non-hydrogen) atoms. The summed E-state index contributed by atoms with van der Waals surface area (Å²) in [5.74, 6) is -0.848. The number of anilines is 1. The second kappa shape index (κ2) is 10.8. The second-order valence-corrected chi connectivity index (χ2v) is 9.84. The van der Waals surface area contributed by atoms with E-state index >= 15 is 0 Å². The fraction of sp³-hybridized carbons (Fsp3) is 0.179. The SMILES string of the molecule is O=C(Nc1ccc(O)c(-c2cc(C3CCC3)n(C(=O)NCc3ccccc3F)n2)c1)c1c(Cl)cccc1Cl. The Kier molecular flexibility index (Phi) is 7.35. The lowest BCUT2D eigenvalue weighted by atomic mass is 9.82. The maximum Gasteiger partial charge on any atom is 0.342 e. The molecule has 2 amide bonds. The fourth-order valence-corrected chi connectivity index (χ4v) is 4.87. The van der Waals surface area contributed by atoms with Crippen LogP contribution in [0.2, 0.25) is 10.0 Å². The molecule has 0 spiro atoms. The summed E-state index contributed by atoms with van der Waals surface area (Å²) < 4.78 is 15.3. The van der Waals surface area contributed by atoms with E-state index in [0.29, 0.717) is 28.2 Å². The summed E-state index contributed by atoms with van der Waals surface area (Å²) in [5, 5.41) is 21.0. The summed E-state index contributed by atoms with van der Waals surface area (Å²) in [5.41, 5.74) is 2.26. The average molecular weight is 553 g/mol. The first-order valence-corrected chi connectivity index (χ1v) is 12.8. The van der Waals surface area contributed by atoms with E-state index in [-0.39, 0.29) is 33.8 Å². The van der Waals surface area contributed by atoms with Crippen molar-refractivity contribution < 1.29 is 19.1 Å². The number of phenols is 1. The Morgan fingerprint density at radius 1 is 1.03 bits per heavy atom. The Balaban J connectivity index is 1.42. The fourth-order valence-electron chi connectivity index (χ4n) is 4.30. The standard InChI is InChI=1S/C28H23Cl2FN4O3/c29-20-8-4-9-21(30)26(20)27(37)33-18-11-12-25(36)19(13-18)23-14-24(16-6-3-7-16)35(34-23)28(38)32-15-17-5-1-2-10-22(17)31/h1-2,4-5,8-14,16,36H,3,6-7,15H2,(H,32,38)(H,33,37). The lowest BCUT2D eigenvalue weighted by Gasteiger charge is -2.25. The summed E-state index contributed by atoms with van der Waals surface area (Å²) in [6.45, 7) is 0.00216. The number of nitrogens with zero attached hydrogens (tertiary/aromatic N) is 2. The molecule has 0 radical (unpaired) electrons. The van der Waals surface area contributed by atoms with Crippen LogP contribution in [0, 0.1) is 5.82 Å². The van der Waals surface area contributed by atoms with Gasteiger partial charge in [-0.05, 0) is 55.3 Å². The number of hydrogen-bond donors (Lipinski definition) is 3. The first-order valence-electron chi connectivity index (χ1n) is 12.0. The highest BCUT2D eigenvalue weighted by atomic mass is 35.5. The number of carbonyl (C=O) groups excluding carboxylic acids is 2. The topological polar surface area (TPSA) is 96.2 Å². The number of nitrogens with one attached hydrogen (secondary N) is 2. The Morgan fingerprint density at radius 3 is 2.45 bits per heavy atom. The van der Waals surface area contributed by atoms with Crippen LogP contribution in [0.4, 0.5) is 14.9 Å². The van der Waals surface area contributed by atoms with Gasteiger partial charge in [-0.1, -0.05) is 53.9 Å². The number of hydrogen-bond acceptors (Lipinski definition) is 4. The quantitative estimate of drug-likeness (QED) is 0.225. The van der Waals surface area contributed by atoms with Crippen LogP contribution < -0.4 is 10.6 Å². The molecule has 4 aromatic rings. The predicted octanol–water partition coefficient (Wildman–Crippen LogP) is 6.98. The van der Waals surface area contributed by atoms with Crippen LogP contribution in [0.5, 0.6) is 5.75 Å². The summed E-state index contributed by atoms with van der Waals surface area (Å²) in [6, 6.07) is 16.8. The lowest BCUT2D eigenvalue weighted by molar-refractivity contribution is 0.102. The third-order valence-electron chi connectivity index (χ3n) is 6.56. The summed E-state index contributed by atoms with van der Waals surface area (Å²) in [4.78, 5) is 25.9. The summed E-state index contributed by atoms with van der Waals surface area (Å²) in [7, 11) is 0. The van der Waals surface area contributed by atoms with Crippen LogP contribution in [0.15, 0.2) is 66.7 Å². The van der Waals surface area contributed by atoms with Crippen molar-refractivity contribution >= 4 is 40.8 Å². The van der Waals surface area contributed by atoms with Gasteiger partial charge >= 0.3 is 6.03 Å². The summed E-state index contributed by atoms with van der Waals surface area (Å²) in [6.07, 6.45) is 2.86. The van der Waals surface area contributed by atoms with Gasteiger partial charge in [0, 0.05) is 29.3 Å². The Hall–Kier alpha value is -3.88. The highest BCUT2D eigenvalue weighted by molar-refractivity contribution is 6.40. The zero-order chi connectivity index (χ0) is 26.8. The molecule has 1 aromatic heterocycles. The van der Waals surface area contributed by atoms with E-state index in [2.05, 4.69) is 15.7 Å². The van der Waals surface area contributed by atoms with E-state index in [1.807, 2.05) is 0 Å². The van der Waals surface area contributed by atoms with Crippen molar-refractivity contribution in [2.75, 3.05) is 5.32 Å². The maximum absolute atomic E-state index is 14.0. The smallest absolute Gasteiger partial charge is 0.342 e. The molecule has 0 atom stereocenters. The van der Waals surface area contributed by atoms with E-state index in [1.165, 1.54) is 22.9 Å². The van der Waals surface area contributed by atoms with Crippen LogP contribution in [0.3, 0.4) is 0 Å². The van der Waals surface area contributed by atoms with E-state index in [4.69, 9.17) is 23.2 Å². The Labute approximate surface area is 228 Å². The first-order chi connectivity index (χ1) is 18.3. The highest BCUT2D eigenvalue weighted by Gasteiger charge is 2.28. The number of rotatable bonds is 6. The number of carbonyl (C=O) groups is 2. The van der Waals surface area contributed by atoms with Gasteiger partial charge in [-0.3, -0.25) is 4.79 Å². The first kappa shape index (κ1) is 25.8. The number of benzene rings is 3. The molecule has 1 aliphatic rings. The number of halogens is 3. The molecule has 1 heterocycles. The van der Waals surface area contributed by atoms with E-state index in [9.17, 15) is 19.1 Å². The van der Waals surface area contributed by atoms with Crippen molar-refractivity contribution in [3.63, 3.8) is 0 Å². The van der Waals surface area contributed by atoms with Crippen molar-refractivity contribution in [2.24, 2.45) is 0 Å². The molecular weight excluding hydrogens is 530 g/mol. The molecule has 10 heteroatoms. The third-order valence-corrected chi connectivity index (χ3v) is 7.19. The van der Waals surface area contributed by atoms with Crippen LogP contribution in [0.1, 0.15) is 46.8 Å². The zero-order valence-electron chi connectivity index (χ0n) is 20.0. The third kappa shape index (κ3) is 5.23. The van der Waals surface area contributed by atoms with Crippen LogP contribution in [0.25, 0.3) is 11.3 Å². The zero-order valence-corrected chi connectivity index (χ0v) is 21.6. The molecule has 1 fully saturated rings. The van der Waals surface area contributed by atoms with Gasteiger partial charge in [0.1, 0.15) is 11.6 Å². The molecule has 1 aliphatic carbocycles. The predicted molar refractivity (Wildman–Crippen MR) is 144 cm³/mol. The van der Waals surface area contributed by atoms with Gasteiger partial charge in [-0.15, -0.1) is 0 Å². The van der Waals surface area contributed by atoms with Crippen LogP contribution in [-0.2, 0) is 6.54 Å². The lowest BCUT2D eigenvalue weighted by Crippen LogP contribution is -2.31. The highest BCUT2D eigenvalue weighted by Crippen LogP contribution is 2.39. The van der Waals surface area contributed by atoms with E-state index < -0.39 is 17.8 Å². The van der Waals surface area contributed by atoms with Crippen molar-refractivity contribution in [2.45, 2.75) is 31.7 Å². The van der Waals surface area contributed by atoms with Crippen molar-refractivity contribution in [1.82, 2.24) is 15.1 Å². The molecule has 0 aliphatic heterocycles. The maximum atomic E-state index is 14.0. The number of phenolic OH excluding ortho intramolecular Hbond substituents is 1. The molecule has 1 saturated carbocycles. The number of aromatic nitrogens is 2. The molecule has 194 valence electrons. The largest absolute Gasteiger partial charge is 0.507 e. The van der Waals surface area contributed by atoms with Crippen molar-refractivity contribution in [3.8, 4) is 17.0 Å². The van der Waals surface area contributed by atoms with Gasteiger partial charge in [0.05, 0.1) is 27.0 Å². The minimum Gasteiger partial charge on any atom is -0.507 e. The molecule has 3 aromatic carbocycles. The van der Waals surface area contributed by atoms with Gasteiger partial charge < -0.3 is 15.7 Å². The molecular formula is C28H23Cl2FN4O3. The molecule has 0 unspecified atom stereocenters. The van der Waals surface area contributed by atoms with E-state index in [0.717, 1.165) is 19.3 Å². The molecule has 7 nitrogen and oxygen atoms in total. The minimum atomic E-state index is -0.509. The normalized spacial score (nSPS) is 13.1. The Bertz CT molecular complexity index is 1510. The van der Waals surface area contributed by atoms with Crippen LogP contribution in [-0.4, -0.2) is 26.8 Å². The molecule has 5 rings (SSSR count). The molecule has 3 N–H and O–H groups in total. The molecule has 0 saturated heterocycles. The summed E-state index contributed by atoms with van der Waals surface area (Å²) >= 11 is 12.3. The minimum absolute atomic E-state index is 0.00216. The monoisotopic (exact) mass is 552 g/mol. The van der Waals surface area contributed by atoms with Gasteiger partial charge in [0.25, 0.3) is 5.91 Å². The van der Waals surface area contributed by atoms with Crippen LogP contribution >= 0.6 is 23.2 Å². The van der Waals surface area contributed by atoms with Crippen molar-refractivity contribution in [1.29, 1.82) is 0 Å². The number of amides is 2. The van der Waals surface area contributed by atoms with E-state index in [1.54, 1.807) is 48.5 Å². The van der Waals surface area contributed by atoms with Crippen molar-refractivity contribution in [3.05, 3.63) is 99.4 Å². The van der Waals surface area contributed by atoms with Gasteiger partial charge in [0.2, 0.25) is 0 Å². The van der Waals surface area contributed by atoms with Gasteiger partial charge in [0.15, 0.2) is 0 Å². The Morgan fingerprint density at radius 2 is 1.76 bits per heavy atom.